The van der Waals surface area contributed by atoms with Gasteiger partial charge >= 0.3 is 12.2 Å². The van der Waals surface area contributed by atoms with Gasteiger partial charge in [0.2, 0.25) is 5.60 Å². The summed E-state index contributed by atoms with van der Waals surface area (Å²) in [6.07, 6.45) is -5.20. The largest absolute Gasteiger partial charge is 0.423 e. The van der Waals surface area contributed by atoms with E-state index < -0.39 is 53.5 Å². The Labute approximate surface area is 205 Å². The Hall–Kier alpha value is -3.70. The summed E-state index contributed by atoms with van der Waals surface area (Å²) in [6, 6.07) is 8.20. The van der Waals surface area contributed by atoms with Gasteiger partial charge in [0.25, 0.3) is 5.91 Å². The summed E-state index contributed by atoms with van der Waals surface area (Å²) in [7, 11) is 0. The molecule has 3 amide bonds. The number of nitrogens with zero attached hydrogens (tertiary/aromatic N) is 1. The van der Waals surface area contributed by atoms with Gasteiger partial charge in [0.1, 0.15) is 11.6 Å². The number of aliphatic hydroxyl groups is 1. The monoisotopic (exact) mass is 523 g/mol. The summed E-state index contributed by atoms with van der Waals surface area (Å²) in [5.41, 5.74) is -3.99. The Morgan fingerprint density at radius 2 is 1.81 bits per heavy atom. The second-order valence-corrected chi connectivity index (χ2v) is 8.78. The van der Waals surface area contributed by atoms with Crippen LogP contribution in [0.4, 0.5) is 38.1 Å². The number of fused-ring (bicyclic) bond motifs is 2. The van der Waals surface area contributed by atoms with E-state index in [4.69, 9.17) is 11.6 Å². The molecule has 3 N–H and O–H groups in total. The van der Waals surface area contributed by atoms with E-state index in [2.05, 4.69) is 10.6 Å². The first-order chi connectivity index (χ1) is 16.9. The van der Waals surface area contributed by atoms with Crippen molar-refractivity contribution >= 4 is 34.9 Å². The lowest BCUT2D eigenvalue weighted by Gasteiger charge is -2.27. The van der Waals surface area contributed by atoms with E-state index in [9.17, 15) is 36.6 Å². The van der Waals surface area contributed by atoms with Crippen molar-refractivity contribution in [2.75, 3.05) is 16.8 Å². The number of benzene rings is 3. The molecule has 5 rings (SSSR count). The molecule has 2 atom stereocenters. The molecule has 0 fully saturated rings. The van der Waals surface area contributed by atoms with Crippen molar-refractivity contribution in [3.8, 4) is 0 Å². The molecule has 3 aromatic rings. The summed E-state index contributed by atoms with van der Waals surface area (Å²) < 4.78 is 68.9. The van der Waals surface area contributed by atoms with Gasteiger partial charge in [0.05, 0.1) is 18.3 Å². The zero-order valence-corrected chi connectivity index (χ0v) is 18.7. The van der Waals surface area contributed by atoms with Crippen LogP contribution in [0.25, 0.3) is 0 Å². The van der Waals surface area contributed by atoms with E-state index in [0.717, 1.165) is 24.3 Å². The van der Waals surface area contributed by atoms with Gasteiger partial charge in [-0.1, -0.05) is 17.7 Å². The summed E-state index contributed by atoms with van der Waals surface area (Å²) in [5, 5.41) is 15.7. The lowest BCUT2D eigenvalue weighted by atomic mass is 9.95. The van der Waals surface area contributed by atoms with Crippen molar-refractivity contribution in [1.82, 2.24) is 5.32 Å². The molecule has 36 heavy (non-hydrogen) atoms. The van der Waals surface area contributed by atoms with Crippen molar-refractivity contribution in [3.63, 3.8) is 0 Å². The molecule has 2 aliphatic rings. The fourth-order valence-electron chi connectivity index (χ4n) is 4.51. The summed E-state index contributed by atoms with van der Waals surface area (Å²) in [5.74, 6) is -2.16. The number of carbonyl (C=O) groups is 2. The minimum absolute atomic E-state index is 0.0484. The van der Waals surface area contributed by atoms with Crippen LogP contribution in [0.15, 0.2) is 54.6 Å². The third-order valence-corrected chi connectivity index (χ3v) is 6.57. The standard InChI is InChI=1S/C24H15ClF5N3O3/c25-16-6-4-11(26)8-14(16)20-19-13(21(34)32-20)2-1-3-17(19)31-22(35)33-10-23(36,24(28,29)30)15-9-12(27)5-7-18(15)33/h1-9,20,36H,10H2,(H,31,35)(H,32,34)/t20-,23+/m0/s1. The van der Waals surface area contributed by atoms with Gasteiger partial charge in [0, 0.05) is 33.0 Å². The van der Waals surface area contributed by atoms with Gasteiger partial charge in [-0.05, 0) is 48.5 Å². The van der Waals surface area contributed by atoms with Gasteiger partial charge in [-0.3, -0.25) is 9.69 Å². The van der Waals surface area contributed by atoms with E-state index in [0.29, 0.717) is 11.0 Å². The number of anilines is 2. The number of carbonyl (C=O) groups excluding carboxylic acids is 2. The first kappa shape index (κ1) is 24.0. The fraction of sp³-hybridized carbons (Fsp3) is 0.167. The van der Waals surface area contributed by atoms with Crippen molar-refractivity contribution < 1.29 is 36.6 Å². The molecule has 0 unspecified atom stereocenters. The number of β-amino-alcohol motifs (C(OH)–C–C–N with tert-alkyl or cyclic N) is 1. The minimum atomic E-state index is -5.20. The normalized spacial score (nSPS) is 20.7. The lowest BCUT2D eigenvalue weighted by molar-refractivity contribution is -0.258. The SMILES string of the molecule is O=C1N[C@@H](c2cc(F)ccc2Cl)c2c(NC(=O)N3C[C@](O)(C(F)(F)F)c4cc(F)ccc43)cccc21. The summed E-state index contributed by atoms with van der Waals surface area (Å²) in [6.45, 7) is -1.22. The van der Waals surface area contributed by atoms with Crippen LogP contribution in [0.1, 0.15) is 33.1 Å². The number of hydrogen-bond donors (Lipinski definition) is 3. The molecule has 6 nitrogen and oxygen atoms in total. The molecule has 0 bridgehead atoms. The maximum atomic E-state index is 13.9. The average Bonchev–Trinajstić information content (AvgIpc) is 3.31. The number of hydrogen-bond acceptors (Lipinski definition) is 3. The van der Waals surface area contributed by atoms with E-state index in [1.165, 1.54) is 24.3 Å². The average molecular weight is 524 g/mol. The lowest BCUT2D eigenvalue weighted by Crippen LogP contribution is -2.48. The highest BCUT2D eigenvalue weighted by molar-refractivity contribution is 6.31. The van der Waals surface area contributed by atoms with Gasteiger partial charge in [0.15, 0.2) is 0 Å². The Morgan fingerprint density at radius 1 is 1.11 bits per heavy atom. The summed E-state index contributed by atoms with van der Waals surface area (Å²) >= 11 is 6.22. The summed E-state index contributed by atoms with van der Waals surface area (Å²) in [4.78, 5) is 26.4. The van der Waals surface area contributed by atoms with Crippen LogP contribution in [-0.4, -0.2) is 29.8 Å². The van der Waals surface area contributed by atoms with E-state index in [1.807, 2.05) is 0 Å². The maximum absolute atomic E-state index is 13.9. The molecule has 0 radical (unpaired) electrons. The number of alkyl halides is 3. The van der Waals surface area contributed by atoms with Crippen LogP contribution in [-0.2, 0) is 5.60 Å². The number of rotatable bonds is 2. The van der Waals surface area contributed by atoms with Crippen LogP contribution in [0.2, 0.25) is 5.02 Å². The van der Waals surface area contributed by atoms with Gasteiger partial charge < -0.3 is 15.7 Å². The number of amides is 3. The fourth-order valence-corrected chi connectivity index (χ4v) is 4.74. The molecule has 0 aliphatic carbocycles. The van der Waals surface area contributed by atoms with Gasteiger partial charge in [-0.2, -0.15) is 13.2 Å². The van der Waals surface area contributed by atoms with Crippen molar-refractivity contribution in [2.24, 2.45) is 0 Å². The predicted octanol–water partition coefficient (Wildman–Crippen LogP) is 5.25. The van der Waals surface area contributed by atoms with E-state index in [1.54, 1.807) is 0 Å². The van der Waals surface area contributed by atoms with Crippen molar-refractivity contribution in [3.05, 3.63) is 93.5 Å². The van der Waals surface area contributed by atoms with Crippen LogP contribution < -0.4 is 15.5 Å². The maximum Gasteiger partial charge on any atom is 0.423 e. The number of urea groups is 1. The molecule has 0 saturated carbocycles. The molecular formula is C24H15ClF5N3O3. The molecule has 2 aliphatic heterocycles. The second-order valence-electron chi connectivity index (χ2n) is 8.37. The highest BCUT2D eigenvalue weighted by atomic mass is 35.5. The highest BCUT2D eigenvalue weighted by Crippen LogP contribution is 2.49. The van der Waals surface area contributed by atoms with Crippen LogP contribution >= 0.6 is 11.6 Å². The second kappa shape index (κ2) is 8.17. The Bertz CT molecular complexity index is 1430. The van der Waals surface area contributed by atoms with Crippen LogP contribution in [0, 0.1) is 11.6 Å². The molecule has 2 heterocycles. The quantitative estimate of drug-likeness (QED) is 0.401. The zero-order chi connectivity index (χ0) is 26.0. The number of halogens is 6. The van der Waals surface area contributed by atoms with Crippen molar-refractivity contribution in [2.45, 2.75) is 17.8 Å². The molecule has 12 heteroatoms. The molecule has 0 saturated heterocycles. The topological polar surface area (TPSA) is 81.7 Å². The first-order valence-corrected chi connectivity index (χ1v) is 10.8. The van der Waals surface area contributed by atoms with E-state index in [-0.39, 0.29) is 33.1 Å². The third kappa shape index (κ3) is 3.66. The predicted molar refractivity (Wildman–Crippen MR) is 120 cm³/mol. The van der Waals surface area contributed by atoms with Crippen molar-refractivity contribution in [1.29, 1.82) is 0 Å². The smallest absolute Gasteiger partial charge is 0.375 e. The third-order valence-electron chi connectivity index (χ3n) is 6.22. The molecule has 186 valence electrons. The zero-order valence-electron chi connectivity index (χ0n) is 18.0. The first-order valence-electron chi connectivity index (χ1n) is 10.5. The highest BCUT2D eigenvalue weighted by Gasteiger charge is 2.61. The van der Waals surface area contributed by atoms with Gasteiger partial charge in [-0.25, -0.2) is 13.6 Å². The Kier molecular flexibility index (Phi) is 5.45. The molecular weight excluding hydrogens is 509 g/mol. The van der Waals surface area contributed by atoms with E-state index >= 15 is 0 Å². The molecule has 0 aromatic heterocycles. The van der Waals surface area contributed by atoms with Gasteiger partial charge in [-0.15, -0.1) is 0 Å². The van der Waals surface area contributed by atoms with Crippen LogP contribution in [0.3, 0.4) is 0 Å². The minimum Gasteiger partial charge on any atom is -0.375 e. The number of nitrogens with one attached hydrogen (secondary N) is 2. The molecule has 0 spiro atoms. The Morgan fingerprint density at radius 3 is 2.53 bits per heavy atom. The molecule has 3 aromatic carbocycles. The Balaban J connectivity index is 1.54. The van der Waals surface area contributed by atoms with Crippen LogP contribution in [0.5, 0.6) is 0 Å².